The summed E-state index contributed by atoms with van der Waals surface area (Å²) in [6.07, 6.45) is -8.58. The van der Waals surface area contributed by atoms with Gasteiger partial charge in [-0.15, -0.1) is 0 Å². The van der Waals surface area contributed by atoms with Crippen molar-refractivity contribution in [2.45, 2.75) is 12.5 Å². The minimum Gasteiger partial charge on any atom is -0.480 e. The van der Waals surface area contributed by atoms with Crippen molar-refractivity contribution < 1.29 is 31.8 Å². The zero-order valence-electron chi connectivity index (χ0n) is 14.1. The van der Waals surface area contributed by atoms with Gasteiger partial charge in [-0.2, -0.15) is 22.6 Å². The minimum atomic E-state index is -4.61. The Morgan fingerprint density at radius 3 is 2.18 bits per heavy atom. The highest BCUT2D eigenvalue weighted by molar-refractivity contribution is 9.11. The van der Waals surface area contributed by atoms with Crippen LogP contribution in [0.5, 0.6) is 5.75 Å². The van der Waals surface area contributed by atoms with E-state index in [-0.39, 0.29) is 11.6 Å². The lowest BCUT2D eigenvalue weighted by atomic mass is 10.2. The number of nitrogens with one attached hydrogen (secondary N) is 1. The number of amides is 2. The maximum absolute atomic E-state index is 12.9. The molecule has 2 aromatic carbocycles. The van der Waals surface area contributed by atoms with Crippen LogP contribution in [-0.2, 0) is 4.74 Å². The lowest BCUT2D eigenvalue weighted by Crippen LogP contribution is -2.33. The van der Waals surface area contributed by atoms with Gasteiger partial charge >= 0.3 is 18.6 Å². The first kappa shape index (κ1) is 22.2. The number of ether oxygens (including phenoxy) is 2. The highest BCUT2D eigenvalue weighted by Gasteiger charge is 2.43. The number of rotatable bonds is 5. The summed E-state index contributed by atoms with van der Waals surface area (Å²) in [5.74, 6) is -0.463. The van der Waals surface area contributed by atoms with Crippen molar-refractivity contribution in [1.82, 2.24) is 0 Å². The molecule has 0 aliphatic carbocycles. The molecular weight excluding hydrogens is 516 g/mol. The van der Waals surface area contributed by atoms with Crippen LogP contribution in [0.15, 0.2) is 56.4 Å². The van der Waals surface area contributed by atoms with E-state index in [0.29, 0.717) is 14.5 Å². The molecule has 5 nitrogen and oxygen atoms in total. The van der Waals surface area contributed by atoms with Gasteiger partial charge in [-0.1, -0.05) is 6.07 Å². The molecule has 2 amide bonds. The van der Waals surface area contributed by atoms with Gasteiger partial charge in [0.25, 0.3) is 0 Å². The standard InChI is InChI=1S/C17H12Br2F4N2O3/c1-27-14(13-11(18)3-2-4-12(13)19)25-16(26)24-9-5-7-10(8-6-9)28-17(22,23)15(20)21/h2-8,15H,1H3,(H,24,26)/b25-14-. The SMILES string of the molecule is CO/C(=N\C(=O)Nc1ccc(OC(F)(F)C(F)F)cc1)c1c(Br)cccc1Br. The van der Waals surface area contributed by atoms with Gasteiger partial charge in [0.1, 0.15) is 5.75 Å². The predicted octanol–water partition coefficient (Wildman–Crippen LogP) is 6.07. The number of anilines is 1. The Labute approximate surface area is 174 Å². The van der Waals surface area contributed by atoms with Crippen molar-refractivity contribution >= 4 is 49.5 Å². The molecule has 0 aromatic heterocycles. The number of aliphatic imine (C=N–C) groups is 1. The minimum absolute atomic E-state index is 0.0216. The number of methoxy groups -OCH3 is 1. The number of urea groups is 1. The molecule has 0 aliphatic heterocycles. The maximum atomic E-state index is 12.9. The van der Waals surface area contributed by atoms with E-state index < -0.39 is 24.3 Å². The second-order valence-corrected chi connectivity index (χ2v) is 6.85. The van der Waals surface area contributed by atoms with Crippen molar-refractivity contribution in [2.75, 3.05) is 12.4 Å². The fourth-order valence-electron chi connectivity index (χ4n) is 1.96. The summed E-state index contributed by atoms with van der Waals surface area (Å²) >= 11 is 6.67. The van der Waals surface area contributed by atoms with E-state index in [1.807, 2.05) is 0 Å². The average Bonchev–Trinajstić information content (AvgIpc) is 2.62. The summed E-state index contributed by atoms with van der Waals surface area (Å²) in [4.78, 5) is 15.9. The molecule has 0 aliphatic rings. The van der Waals surface area contributed by atoms with E-state index in [1.165, 1.54) is 19.2 Å². The monoisotopic (exact) mass is 526 g/mol. The van der Waals surface area contributed by atoms with Crippen LogP contribution >= 0.6 is 31.9 Å². The third-order valence-electron chi connectivity index (χ3n) is 3.19. The number of benzene rings is 2. The number of nitrogens with zero attached hydrogens (tertiary/aromatic N) is 1. The van der Waals surface area contributed by atoms with E-state index in [2.05, 4.69) is 46.9 Å². The summed E-state index contributed by atoms with van der Waals surface area (Å²) < 4.78 is 60.4. The molecule has 0 fully saturated rings. The number of carbonyl (C=O) groups is 1. The third-order valence-corrected chi connectivity index (χ3v) is 4.51. The molecule has 0 spiro atoms. The predicted molar refractivity (Wildman–Crippen MR) is 102 cm³/mol. The lowest BCUT2D eigenvalue weighted by molar-refractivity contribution is -0.253. The number of hydrogen-bond acceptors (Lipinski definition) is 3. The van der Waals surface area contributed by atoms with Crippen molar-refractivity contribution in [3.63, 3.8) is 0 Å². The highest BCUT2D eigenvalue weighted by Crippen LogP contribution is 2.28. The van der Waals surface area contributed by atoms with Gasteiger partial charge in [0.15, 0.2) is 0 Å². The molecular formula is C17H12Br2F4N2O3. The number of carbonyl (C=O) groups excluding carboxylic acids is 1. The summed E-state index contributed by atoms with van der Waals surface area (Å²) in [5.41, 5.74) is 0.696. The number of hydrogen-bond donors (Lipinski definition) is 1. The van der Waals surface area contributed by atoms with Crippen LogP contribution in [0, 0.1) is 0 Å². The first-order valence-electron chi connectivity index (χ1n) is 7.47. The Morgan fingerprint density at radius 2 is 1.68 bits per heavy atom. The van der Waals surface area contributed by atoms with E-state index >= 15 is 0 Å². The molecule has 0 saturated carbocycles. The van der Waals surface area contributed by atoms with Crippen LogP contribution < -0.4 is 10.1 Å². The fraction of sp³-hybridized carbons (Fsp3) is 0.176. The Bertz CT molecular complexity index is 857. The van der Waals surface area contributed by atoms with Crippen LogP contribution in [0.2, 0.25) is 0 Å². The summed E-state index contributed by atoms with van der Waals surface area (Å²) in [7, 11) is 1.34. The molecule has 150 valence electrons. The van der Waals surface area contributed by atoms with Crippen LogP contribution in [0.25, 0.3) is 0 Å². The van der Waals surface area contributed by atoms with Gasteiger partial charge in [-0.25, -0.2) is 4.79 Å². The normalized spacial score (nSPS) is 12.1. The van der Waals surface area contributed by atoms with Crippen molar-refractivity contribution in [1.29, 1.82) is 0 Å². The quantitative estimate of drug-likeness (QED) is 0.291. The largest absolute Gasteiger partial charge is 0.480 e. The van der Waals surface area contributed by atoms with Gasteiger partial charge in [0.2, 0.25) is 5.90 Å². The van der Waals surface area contributed by atoms with E-state index in [4.69, 9.17) is 4.74 Å². The smallest absolute Gasteiger partial charge is 0.461 e. The summed E-state index contributed by atoms with van der Waals surface area (Å²) in [6.45, 7) is 0. The average molecular weight is 528 g/mol. The van der Waals surface area contributed by atoms with Gasteiger partial charge < -0.3 is 14.8 Å². The van der Waals surface area contributed by atoms with Crippen molar-refractivity contribution in [3.8, 4) is 5.75 Å². The van der Waals surface area contributed by atoms with Gasteiger partial charge in [0, 0.05) is 14.6 Å². The lowest BCUT2D eigenvalue weighted by Gasteiger charge is -2.16. The number of halogens is 6. The molecule has 0 radical (unpaired) electrons. The molecule has 11 heteroatoms. The zero-order valence-corrected chi connectivity index (χ0v) is 17.2. The Hall–Kier alpha value is -2.14. The van der Waals surface area contributed by atoms with Crippen molar-refractivity contribution in [2.24, 2.45) is 4.99 Å². The third kappa shape index (κ3) is 5.68. The zero-order chi connectivity index (χ0) is 20.9. The number of alkyl halides is 4. The van der Waals surface area contributed by atoms with Gasteiger partial charge in [-0.3, -0.25) is 0 Å². The molecule has 0 atom stereocenters. The molecule has 1 N–H and O–H groups in total. The topological polar surface area (TPSA) is 59.9 Å². The Balaban J connectivity index is 2.13. The van der Waals surface area contributed by atoms with Crippen LogP contribution in [0.4, 0.5) is 28.0 Å². The first-order valence-corrected chi connectivity index (χ1v) is 9.05. The second-order valence-electron chi connectivity index (χ2n) is 5.14. The van der Waals surface area contributed by atoms with Crippen LogP contribution in [-0.4, -0.2) is 31.6 Å². The van der Waals surface area contributed by atoms with E-state index in [0.717, 1.165) is 12.1 Å². The van der Waals surface area contributed by atoms with Gasteiger partial charge in [0.05, 0.1) is 12.7 Å². The Morgan fingerprint density at radius 1 is 1.11 bits per heavy atom. The second kappa shape index (κ2) is 9.37. The molecule has 2 rings (SSSR count). The summed E-state index contributed by atoms with van der Waals surface area (Å²) in [6, 6.07) is 8.86. The highest BCUT2D eigenvalue weighted by atomic mass is 79.9. The first-order chi connectivity index (χ1) is 13.1. The van der Waals surface area contributed by atoms with Crippen molar-refractivity contribution in [3.05, 3.63) is 57.0 Å². The molecule has 0 heterocycles. The molecule has 0 saturated heterocycles. The van der Waals surface area contributed by atoms with Crippen LogP contribution in [0.1, 0.15) is 5.56 Å². The van der Waals surface area contributed by atoms with E-state index in [1.54, 1.807) is 18.2 Å². The van der Waals surface area contributed by atoms with E-state index in [9.17, 15) is 22.4 Å². The molecule has 28 heavy (non-hydrogen) atoms. The molecule has 0 unspecified atom stereocenters. The Kier molecular flexibility index (Phi) is 7.41. The van der Waals surface area contributed by atoms with Crippen LogP contribution in [0.3, 0.4) is 0 Å². The molecule has 0 bridgehead atoms. The molecule has 2 aromatic rings. The maximum Gasteiger partial charge on any atom is 0.461 e. The summed E-state index contributed by atoms with van der Waals surface area (Å²) in [5, 5.41) is 2.40. The van der Waals surface area contributed by atoms with Gasteiger partial charge in [-0.05, 0) is 68.3 Å². The fourth-order valence-corrected chi connectivity index (χ4v) is 3.29.